The van der Waals surface area contributed by atoms with E-state index in [9.17, 15) is 9.18 Å². The molecule has 1 aromatic carbocycles. The lowest BCUT2D eigenvalue weighted by Gasteiger charge is -2.30. The lowest BCUT2D eigenvalue weighted by atomic mass is 9.73. The standard InChI is InChI=1S/C22H26FN3O2.CH2O2/c1-13-8-16(15-5-4-14(23)9-19(15)24-13)21(27)26-11-18-17(10-25(2)3)20-6-7-22(18,12-26)28-20;2-1-3/h4-5,8-9,17-18,20H,6-7,10-12H2,1-3H3;1H,(H,2,3)/t17-,18+,20+,22+;/m0./s1. The number of rotatable bonds is 3. The second-order valence-corrected chi connectivity index (χ2v) is 9.06. The molecular weight excluding hydrogens is 401 g/mol. The van der Waals surface area contributed by atoms with Gasteiger partial charge < -0.3 is 19.6 Å². The van der Waals surface area contributed by atoms with Gasteiger partial charge in [-0.25, -0.2) is 4.39 Å². The third-order valence-electron chi connectivity index (χ3n) is 6.78. The van der Waals surface area contributed by atoms with Gasteiger partial charge in [0.2, 0.25) is 0 Å². The number of likely N-dealkylation sites (tertiary alicyclic amines) is 1. The van der Waals surface area contributed by atoms with Crippen LogP contribution in [0.3, 0.4) is 0 Å². The van der Waals surface area contributed by atoms with Crippen LogP contribution in [0.15, 0.2) is 24.3 Å². The minimum Gasteiger partial charge on any atom is -0.483 e. The molecule has 3 fully saturated rings. The molecule has 4 heterocycles. The summed E-state index contributed by atoms with van der Waals surface area (Å²) in [6, 6.07) is 6.28. The predicted octanol–water partition coefficient (Wildman–Crippen LogP) is 2.56. The number of fused-ring (bicyclic) bond motifs is 2. The largest absolute Gasteiger partial charge is 0.483 e. The Morgan fingerprint density at radius 3 is 2.87 bits per heavy atom. The zero-order chi connectivity index (χ0) is 22.3. The minimum atomic E-state index is -0.337. The van der Waals surface area contributed by atoms with Gasteiger partial charge in [-0.2, -0.15) is 0 Å². The Morgan fingerprint density at radius 2 is 2.16 bits per heavy atom. The van der Waals surface area contributed by atoms with Gasteiger partial charge in [0.05, 0.1) is 29.3 Å². The highest BCUT2D eigenvalue weighted by molar-refractivity contribution is 6.06. The first-order valence-electron chi connectivity index (χ1n) is 10.5. The van der Waals surface area contributed by atoms with Gasteiger partial charge in [-0.15, -0.1) is 0 Å². The summed E-state index contributed by atoms with van der Waals surface area (Å²) in [5, 5.41) is 7.60. The number of halogens is 1. The maximum absolute atomic E-state index is 13.7. The van der Waals surface area contributed by atoms with Crippen molar-refractivity contribution in [3.63, 3.8) is 0 Å². The molecule has 3 saturated heterocycles. The highest BCUT2D eigenvalue weighted by Crippen LogP contribution is 2.55. The van der Waals surface area contributed by atoms with E-state index in [0.29, 0.717) is 41.0 Å². The van der Waals surface area contributed by atoms with Gasteiger partial charge in [-0.3, -0.25) is 14.6 Å². The average molecular weight is 429 g/mol. The Bertz CT molecular complexity index is 1010. The quantitative estimate of drug-likeness (QED) is 0.755. The Kier molecular flexibility index (Phi) is 5.70. The molecule has 2 aromatic rings. The number of carbonyl (C=O) groups is 2. The van der Waals surface area contributed by atoms with Crippen LogP contribution in [0.5, 0.6) is 0 Å². The number of amides is 1. The van der Waals surface area contributed by atoms with Crippen LogP contribution in [-0.4, -0.2) is 77.7 Å². The summed E-state index contributed by atoms with van der Waals surface area (Å²) in [5.41, 5.74) is 1.69. The van der Waals surface area contributed by atoms with Gasteiger partial charge in [0.15, 0.2) is 0 Å². The van der Waals surface area contributed by atoms with E-state index >= 15 is 0 Å². The number of carboxylic acid groups (broad SMARTS) is 1. The van der Waals surface area contributed by atoms with E-state index in [2.05, 4.69) is 24.0 Å². The van der Waals surface area contributed by atoms with Crippen molar-refractivity contribution >= 4 is 23.3 Å². The fourth-order valence-corrected chi connectivity index (χ4v) is 5.69. The minimum absolute atomic E-state index is 0.00142. The molecule has 2 bridgehead atoms. The maximum Gasteiger partial charge on any atom is 0.290 e. The van der Waals surface area contributed by atoms with Crippen molar-refractivity contribution in [2.24, 2.45) is 11.8 Å². The molecular formula is C23H28FN3O4. The summed E-state index contributed by atoms with van der Waals surface area (Å²) in [4.78, 5) is 30.4. The Hall–Kier alpha value is -2.58. The van der Waals surface area contributed by atoms with Crippen LogP contribution in [0.2, 0.25) is 0 Å². The number of ether oxygens (including phenoxy) is 1. The third kappa shape index (κ3) is 3.78. The van der Waals surface area contributed by atoms with Crippen molar-refractivity contribution in [3.05, 3.63) is 41.3 Å². The van der Waals surface area contributed by atoms with Crippen molar-refractivity contribution in [2.45, 2.75) is 31.5 Å². The van der Waals surface area contributed by atoms with Gasteiger partial charge in [0.1, 0.15) is 5.82 Å². The summed E-state index contributed by atoms with van der Waals surface area (Å²) in [5.74, 6) is 0.535. The fraction of sp³-hybridized carbons (Fsp3) is 0.522. The fourth-order valence-electron chi connectivity index (χ4n) is 5.69. The van der Waals surface area contributed by atoms with Crippen LogP contribution in [0, 0.1) is 24.6 Å². The zero-order valence-electron chi connectivity index (χ0n) is 18.0. The van der Waals surface area contributed by atoms with E-state index in [0.717, 1.165) is 31.6 Å². The molecule has 3 aliphatic heterocycles. The number of aromatic nitrogens is 1. The van der Waals surface area contributed by atoms with Crippen molar-refractivity contribution in [1.82, 2.24) is 14.8 Å². The topological polar surface area (TPSA) is 83.0 Å². The normalized spacial score (nSPS) is 28.5. The molecule has 5 rings (SSSR count). The van der Waals surface area contributed by atoms with Crippen LogP contribution >= 0.6 is 0 Å². The molecule has 0 radical (unpaired) electrons. The molecule has 0 saturated carbocycles. The van der Waals surface area contributed by atoms with E-state index in [1.807, 2.05) is 17.9 Å². The highest BCUT2D eigenvalue weighted by atomic mass is 19.1. The number of nitrogens with zero attached hydrogens (tertiary/aromatic N) is 3. The third-order valence-corrected chi connectivity index (χ3v) is 6.78. The van der Waals surface area contributed by atoms with Crippen LogP contribution in [0.1, 0.15) is 28.9 Å². The smallest absolute Gasteiger partial charge is 0.290 e. The summed E-state index contributed by atoms with van der Waals surface area (Å²) in [6.07, 6.45) is 2.46. The van der Waals surface area contributed by atoms with Gasteiger partial charge >= 0.3 is 0 Å². The molecule has 1 aromatic heterocycles. The first kappa shape index (κ1) is 21.6. The number of pyridine rings is 1. The summed E-state index contributed by atoms with van der Waals surface area (Å²) in [7, 11) is 4.20. The summed E-state index contributed by atoms with van der Waals surface area (Å²) < 4.78 is 20.1. The Labute approximate surface area is 180 Å². The molecule has 0 unspecified atom stereocenters. The molecule has 1 N–H and O–H groups in total. The monoisotopic (exact) mass is 429 g/mol. The molecule has 4 atom stereocenters. The average Bonchev–Trinajstić information content (AvgIpc) is 3.36. The molecule has 7 nitrogen and oxygen atoms in total. The SMILES string of the molecule is Cc1cc(C(=O)N2C[C@@H]3[C@H](CN(C)C)[C@H]4CC[C@]3(C2)O4)c2ccc(F)cc2n1.O=CO. The van der Waals surface area contributed by atoms with E-state index in [1.54, 1.807) is 6.07 Å². The number of benzene rings is 1. The van der Waals surface area contributed by atoms with E-state index < -0.39 is 0 Å². The second-order valence-electron chi connectivity index (χ2n) is 9.06. The Balaban J connectivity index is 0.000000730. The van der Waals surface area contributed by atoms with Crippen LogP contribution in [0.4, 0.5) is 4.39 Å². The molecule has 3 aliphatic rings. The molecule has 8 heteroatoms. The van der Waals surface area contributed by atoms with E-state index in [1.165, 1.54) is 12.1 Å². The van der Waals surface area contributed by atoms with Gasteiger partial charge in [0, 0.05) is 42.1 Å². The number of hydrogen-bond donors (Lipinski definition) is 1. The first-order chi connectivity index (χ1) is 14.8. The zero-order valence-corrected chi connectivity index (χ0v) is 18.0. The van der Waals surface area contributed by atoms with Crippen molar-refractivity contribution in [1.29, 1.82) is 0 Å². The number of carbonyl (C=O) groups excluding carboxylic acids is 1. The van der Waals surface area contributed by atoms with Crippen LogP contribution in [0.25, 0.3) is 10.9 Å². The van der Waals surface area contributed by atoms with Crippen molar-refractivity contribution < 1.29 is 23.8 Å². The van der Waals surface area contributed by atoms with Gasteiger partial charge in [0.25, 0.3) is 12.4 Å². The Morgan fingerprint density at radius 1 is 1.42 bits per heavy atom. The number of hydrogen-bond acceptors (Lipinski definition) is 5. The molecule has 31 heavy (non-hydrogen) atoms. The molecule has 166 valence electrons. The van der Waals surface area contributed by atoms with E-state index in [-0.39, 0.29) is 23.8 Å². The summed E-state index contributed by atoms with van der Waals surface area (Å²) >= 11 is 0. The number of aryl methyl sites for hydroxylation is 1. The first-order valence-corrected chi connectivity index (χ1v) is 10.5. The van der Waals surface area contributed by atoms with Crippen molar-refractivity contribution in [2.75, 3.05) is 33.7 Å². The van der Waals surface area contributed by atoms with Crippen LogP contribution in [-0.2, 0) is 9.53 Å². The van der Waals surface area contributed by atoms with Crippen LogP contribution < -0.4 is 0 Å². The predicted molar refractivity (Wildman–Crippen MR) is 113 cm³/mol. The van der Waals surface area contributed by atoms with Crippen molar-refractivity contribution in [3.8, 4) is 0 Å². The lowest BCUT2D eigenvalue weighted by molar-refractivity contribution is -0.122. The lowest BCUT2D eigenvalue weighted by Crippen LogP contribution is -2.40. The van der Waals surface area contributed by atoms with Gasteiger partial charge in [-0.1, -0.05) is 0 Å². The van der Waals surface area contributed by atoms with E-state index in [4.69, 9.17) is 14.6 Å². The highest BCUT2D eigenvalue weighted by Gasteiger charge is 2.63. The maximum atomic E-state index is 13.7. The molecule has 1 amide bonds. The molecule has 1 spiro atoms. The van der Waals surface area contributed by atoms with Gasteiger partial charge in [-0.05, 0) is 52.1 Å². The molecule has 0 aliphatic carbocycles. The second kappa shape index (κ2) is 8.16. The summed E-state index contributed by atoms with van der Waals surface area (Å²) in [6.45, 7) is 3.98.